The minimum Gasteiger partial charge on any atom is -0.493 e. The van der Waals surface area contributed by atoms with Crippen LogP contribution in [-0.4, -0.2) is 49.8 Å². The molecule has 0 spiro atoms. The van der Waals surface area contributed by atoms with Crippen LogP contribution in [0.1, 0.15) is 63.6 Å². The van der Waals surface area contributed by atoms with Crippen LogP contribution in [0.25, 0.3) is 0 Å². The van der Waals surface area contributed by atoms with Crippen molar-refractivity contribution < 1.29 is 27.4 Å². The summed E-state index contributed by atoms with van der Waals surface area (Å²) in [6.07, 6.45) is 0.884. The van der Waals surface area contributed by atoms with Crippen molar-refractivity contribution in [3.8, 4) is 11.5 Å². The molecular weight excluding hydrogens is 395 g/mol. The number of methoxy groups -OCH3 is 1. The standard InChI is InChI=1S/C23H32F3NO3/c1-22(2,3)30-14-5-6-17-16-11-18(28-4)20(29-13-23(8-9-23)21(25)26)19(24)15(16)7-10-27(17)12-14/h11,14,17,21H,5-10,12-13H2,1-4H3. The lowest BCUT2D eigenvalue weighted by atomic mass is 9.85. The summed E-state index contributed by atoms with van der Waals surface area (Å²) in [5.41, 5.74) is 0.232. The Kier molecular flexibility index (Phi) is 5.73. The Morgan fingerprint density at radius 2 is 1.97 bits per heavy atom. The Hall–Kier alpha value is -1.47. The smallest absolute Gasteiger partial charge is 0.247 e. The fraction of sp³-hybridized carbons (Fsp3) is 0.739. The van der Waals surface area contributed by atoms with E-state index < -0.39 is 17.7 Å². The molecule has 1 aliphatic carbocycles. The van der Waals surface area contributed by atoms with E-state index in [0.29, 0.717) is 24.8 Å². The number of piperidine rings is 1. The van der Waals surface area contributed by atoms with Crippen molar-refractivity contribution in [2.45, 2.75) is 77.0 Å². The van der Waals surface area contributed by atoms with Gasteiger partial charge < -0.3 is 14.2 Å². The Morgan fingerprint density at radius 3 is 2.57 bits per heavy atom. The maximum absolute atomic E-state index is 15.4. The summed E-state index contributed by atoms with van der Waals surface area (Å²) >= 11 is 0. The first kappa shape index (κ1) is 21.8. The highest BCUT2D eigenvalue weighted by atomic mass is 19.3. The molecular formula is C23H32F3NO3. The monoisotopic (exact) mass is 427 g/mol. The normalized spacial score (nSPS) is 25.6. The van der Waals surface area contributed by atoms with Gasteiger partial charge in [0.15, 0.2) is 17.3 Å². The molecule has 1 aromatic carbocycles. The van der Waals surface area contributed by atoms with Crippen molar-refractivity contribution in [2.75, 3.05) is 26.8 Å². The maximum atomic E-state index is 15.4. The van der Waals surface area contributed by atoms with E-state index in [-0.39, 0.29) is 35.9 Å². The van der Waals surface area contributed by atoms with Crippen LogP contribution in [0.4, 0.5) is 13.2 Å². The number of alkyl halides is 2. The van der Waals surface area contributed by atoms with Crippen molar-refractivity contribution in [2.24, 2.45) is 5.41 Å². The Morgan fingerprint density at radius 1 is 1.23 bits per heavy atom. The zero-order chi connectivity index (χ0) is 21.7. The summed E-state index contributed by atoms with van der Waals surface area (Å²) in [6.45, 7) is 7.56. The molecule has 2 aliphatic heterocycles. The van der Waals surface area contributed by atoms with Gasteiger partial charge in [0.05, 0.1) is 30.8 Å². The molecule has 4 rings (SSSR count). The highest BCUT2D eigenvalue weighted by Gasteiger charge is 2.52. The average Bonchev–Trinajstić information content (AvgIpc) is 3.46. The van der Waals surface area contributed by atoms with E-state index in [1.807, 2.05) is 6.07 Å². The summed E-state index contributed by atoms with van der Waals surface area (Å²) < 4.78 is 59.1. The molecule has 30 heavy (non-hydrogen) atoms. The number of halogens is 3. The lowest BCUT2D eigenvalue weighted by molar-refractivity contribution is -0.0972. The summed E-state index contributed by atoms with van der Waals surface area (Å²) in [7, 11) is 1.46. The van der Waals surface area contributed by atoms with Gasteiger partial charge in [-0.1, -0.05) is 0 Å². The molecule has 3 aliphatic rings. The first-order chi connectivity index (χ1) is 14.1. The minimum atomic E-state index is -2.46. The molecule has 0 N–H and O–H groups in total. The Labute approximate surface area is 176 Å². The van der Waals surface area contributed by atoms with E-state index in [0.717, 1.165) is 31.5 Å². The fourth-order valence-electron chi connectivity index (χ4n) is 4.76. The second-order valence-corrected chi connectivity index (χ2v) is 9.93. The fourth-order valence-corrected chi connectivity index (χ4v) is 4.76. The van der Waals surface area contributed by atoms with Gasteiger partial charge in [-0.05, 0) is 70.1 Å². The lowest BCUT2D eigenvalue weighted by Gasteiger charge is -2.45. The predicted molar refractivity (Wildman–Crippen MR) is 108 cm³/mol. The molecule has 2 heterocycles. The summed E-state index contributed by atoms with van der Waals surface area (Å²) in [4.78, 5) is 2.36. The van der Waals surface area contributed by atoms with Gasteiger partial charge in [-0.15, -0.1) is 0 Å². The first-order valence-electron chi connectivity index (χ1n) is 10.9. The van der Waals surface area contributed by atoms with Crippen LogP contribution >= 0.6 is 0 Å². The Balaban J connectivity index is 1.55. The van der Waals surface area contributed by atoms with E-state index in [1.54, 1.807) is 0 Å². The second-order valence-electron chi connectivity index (χ2n) is 9.93. The molecule has 2 fully saturated rings. The molecule has 1 saturated carbocycles. The van der Waals surface area contributed by atoms with Crippen LogP contribution < -0.4 is 9.47 Å². The summed E-state index contributed by atoms with van der Waals surface area (Å²) in [5.74, 6) is -0.199. The van der Waals surface area contributed by atoms with Gasteiger partial charge in [-0.2, -0.15) is 0 Å². The molecule has 1 aromatic rings. The minimum absolute atomic E-state index is 0.0265. The molecule has 2 atom stereocenters. The first-order valence-corrected chi connectivity index (χ1v) is 10.9. The van der Waals surface area contributed by atoms with E-state index in [4.69, 9.17) is 14.2 Å². The van der Waals surface area contributed by atoms with Crippen LogP contribution in [0.15, 0.2) is 6.07 Å². The number of hydrogen-bond acceptors (Lipinski definition) is 4. The Bertz CT molecular complexity index is 789. The molecule has 168 valence electrons. The number of ether oxygens (including phenoxy) is 3. The highest BCUT2D eigenvalue weighted by Crippen LogP contribution is 2.52. The van der Waals surface area contributed by atoms with Gasteiger partial charge in [0.25, 0.3) is 0 Å². The third-order valence-corrected chi connectivity index (χ3v) is 6.57. The molecule has 2 unspecified atom stereocenters. The van der Waals surface area contributed by atoms with Crippen molar-refractivity contribution in [3.05, 3.63) is 23.0 Å². The van der Waals surface area contributed by atoms with Crippen LogP contribution in [-0.2, 0) is 11.2 Å². The van der Waals surface area contributed by atoms with E-state index in [1.165, 1.54) is 7.11 Å². The molecule has 0 radical (unpaired) electrons. The molecule has 1 saturated heterocycles. The molecule has 0 amide bonds. The summed E-state index contributed by atoms with van der Waals surface area (Å²) in [6, 6.07) is 1.96. The summed E-state index contributed by atoms with van der Waals surface area (Å²) in [5, 5.41) is 0. The lowest BCUT2D eigenvalue weighted by Crippen LogP contribution is -2.47. The van der Waals surface area contributed by atoms with Gasteiger partial charge in [-0.25, -0.2) is 13.2 Å². The topological polar surface area (TPSA) is 30.9 Å². The number of benzene rings is 1. The van der Waals surface area contributed by atoms with Gasteiger partial charge in [-0.3, -0.25) is 4.90 Å². The van der Waals surface area contributed by atoms with E-state index >= 15 is 4.39 Å². The molecule has 4 nitrogen and oxygen atoms in total. The van der Waals surface area contributed by atoms with E-state index in [9.17, 15) is 8.78 Å². The second kappa shape index (κ2) is 7.90. The van der Waals surface area contributed by atoms with E-state index in [2.05, 4.69) is 25.7 Å². The quantitative estimate of drug-likeness (QED) is 0.629. The zero-order valence-electron chi connectivity index (χ0n) is 18.3. The predicted octanol–water partition coefficient (Wildman–Crippen LogP) is 5.14. The molecule has 7 heteroatoms. The largest absolute Gasteiger partial charge is 0.493 e. The van der Waals surface area contributed by atoms with Gasteiger partial charge in [0, 0.05) is 19.1 Å². The molecule has 0 bridgehead atoms. The highest BCUT2D eigenvalue weighted by molar-refractivity contribution is 5.51. The van der Waals surface area contributed by atoms with Crippen LogP contribution in [0.2, 0.25) is 0 Å². The average molecular weight is 428 g/mol. The van der Waals surface area contributed by atoms with Crippen molar-refractivity contribution >= 4 is 0 Å². The van der Waals surface area contributed by atoms with Crippen molar-refractivity contribution in [1.29, 1.82) is 0 Å². The van der Waals surface area contributed by atoms with Gasteiger partial charge >= 0.3 is 0 Å². The van der Waals surface area contributed by atoms with Crippen LogP contribution in [0.3, 0.4) is 0 Å². The number of fused-ring (bicyclic) bond motifs is 3. The SMILES string of the molecule is COc1cc2c(c(F)c1OCC1(C(F)F)CC1)CCN1CC(OC(C)(C)C)CCC21. The van der Waals surface area contributed by atoms with Crippen LogP contribution in [0.5, 0.6) is 11.5 Å². The third kappa shape index (κ3) is 4.15. The number of rotatable bonds is 6. The third-order valence-electron chi connectivity index (χ3n) is 6.57. The van der Waals surface area contributed by atoms with Gasteiger partial charge in [0.2, 0.25) is 6.43 Å². The number of nitrogens with zero attached hydrogens (tertiary/aromatic N) is 1. The van der Waals surface area contributed by atoms with Gasteiger partial charge in [0.1, 0.15) is 0 Å². The molecule has 0 aromatic heterocycles. The zero-order valence-corrected chi connectivity index (χ0v) is 18.3. The van der Waals surface area contributed by atoms with Crippen molar-refractivity contribution in [3.63, 3.8) is 0 Å². The number of hydrogen-bond donors (Lipinski definition) is 0. The van der Waals surface area contributed by atoms with Crippen molar-refractivity contribution in [1.82, 2.24) is 4.90 Å². The van der Waals surface area contributed by atoms with Crippen LogP contribution in [0, 0.1) is 11.2 Å². The maximum Gasteiger partial charge on any atom is 0.247 e.